The highest BCUT2D eigenvalue weighted by atomic mass is 35.5. The van der Waals surface area contributed by atoms with E-state index >= 15 is 0 Å². The van der Waals surface area contributed by atoms with Crippen LogP contribution < -0.4 is 0 Å². The van der Waals surface area contributed by atoms with Crippen LogP contribution in [0.15, 0.2) is 0 Å². The van der Waals surface area contributed by atoms with Crippen LogP contribution in [0.25, 0.3) is 0 Å². The standard InChI is InChI=1S/C9H12ClN3/c1-6(5-11)13-8(3)9(4-10)7(2)12-13/h6H,4H2,1-3H3. The summed E-state index contributed by atoms with van der Waals surface area (Å²) in [7, 11) is 0. The molecule has 0 aliphatic heterocycles. The van der Waals surface area contributed by atoms with E-state index in [1.54, 1.807) is 4.68 Å². The van der Waals surface area contributed by atoms with Crippen LogP contribution in [0.3, 0.4) is 0 Å². The topological polar surface area (TPSA) is 41.6 Å². The molecule has 0 N–H and O–H groups in total. The molecule has 0 spiro atoms. The summed E-state index contributed by atoms with van der Waals surface area (Å²) in [5.74, 6) is 0.454. The lowest BCUT2D eigenvalue weighted by Gasteiger charge is -2.05. The average Bonchev–Trinajstić information content (AvgIpc) is 2.40. The zero-order chi connectivity index (χ0) is 10.0. The lowest BCUT2D eigenvalue weighted by atomic mass is 10.2. The Hall–Kier alpha value is -1.01. The van der Waals surface area contributed by atoms with Crippen LogP contribution in [0.5, 0.6) is 0 Å². The smallest absolute Gasteiger partial charge is 0.136 e. The van der Waals surface area contributed by atoms with Gasteiger partial charge in [-0.15, -0.1) is 11.6 Å². The number of alkyl halides is 1. The number of halogens is 1. The van der Waals surface area contributed by atoms with Crippen LogP contribution in [0.1, 0.15) is 29.9 Å². The first-order valence-electron chi connectivity index (χ1n) is 4.12. The van der Waals surface area contributed by atoms with Gasteiger partial charge >= 0.3 is 0 Å². The van der Waals surface area contributed by atoms with Gasteiger partial charge in [0.2, 0.25) is 0 Å². The number of aromatic nitrogens is 2. The van der Waals surface area contributed by atoms with E-state index in [9.17, 15) is 0 Å². The summed E-state index contributed by atoms with van der Waals surface area (Å²) in [6.45, 7) is 5.66. The molecular weight excluding hydrogens is 186 g/mol. The third-order valence-corrected chi connectivity index (χ3v) is 2.43. The molecule has 0 bridgehead atoms. The van der Waals surface area contributed by atoms with Gasteiger partial charge in [0.05, 0.1) is 17.6 Å². The van der Waals surface area contributed by atoms with Crippen LogP contribution in [-0.2, 0) is 5.88 Å². The van der Waals surface area contributed by atoms with Crippen molar-refractivity contribution < 1.29 is 0 Å². The van der Waals surface area contributed by atoms with E-state index < -0.39 is 0 Å². The molecule has 1 rings (SSSR count). The molecule has 0 amide bonds. The molecule has 1 aromatic heterocycles. The molecule has 70 valence electrons. The highest BCUT2D eigenvalue weighted by Gasteiger charge is 2.13. The highest BCUT2D eigenvalue weighted by molar-refractivity contribution is 6.17. The van der Waals surface area contributed by atoms with Crippen molar-refractivity contribution in [3.8, 4) is 6.07 Å². The molecule has 1 atom stereocenters. The van der Waals surface area contributed by atoms with Gasteiger partial charge in [-0.1, -0.05) is 0 Å². The third-order valence-electron chi connectivity index (χ3n) is 2.16. The number of hydrogen-bond acceptors (Lipinski definition) is 2. The fourth-order valence-corrected chi connectivity index (χ4v) is 1.71. The van der Waals surface area contributed by atoms with E-state index in [4.69, 9.17) is 16.9 Å². The number of rotatable bonds is 2. The monoisotopic (exact) mass is 197 g/mol. The second-order valence-corrected chi connectivity index (χ2v) is 3.30. The van der Waals surface area contributed by atoms with Gasteiger partial charge in [0.15, 0.2) is 0 Å². The van der Waals surface area contributed by atoms with Crippen LogP contribution in [-0.4, -0.2) is 9.78 Å². The predicted molar refractivity (Wildman–Crippen MR) is 51.6 cm³/mol. The molecule has 0 saturated carbocycles. The lowest BCUT2D eigenvalue weighted by Crippen LogP contribution is -2.06. The molecule has 13 heavy (non-hydrogen) atoms. The van der Waals surface area contributed by atoms with Crippen molar-refractivity contribution in [2.24, 2.45) is 0 Å². The number of nitriles is 1. The number of aryl methyl sites for hydroxylation is 1. The van der Waals surface area contributed by atoms with Gasteiger partial charge < -0.3 is 0 Å². The molecule has 0 aromatic carbocycles. The molecular formula is C9H12ClN3. The fraction of sp³-hybridized carbons (Fsp3) is 0.556. The van der Waals surface area contributed by atoms with Crippen molar-refractivity contribution in [3.63, 3.8) is 0 Å². The van der Waals surface area contributed by atoms with E-state index in [0.29, 0.717) is 5.88 Å². The van der Waals surface area contributed by atoms with E-state index in [2.05, 4.69) is 11.2 Å². The Kier molecular flexibility index (Phi) is 2.94. The highest BCUT2D eigenvalue weighted by Crippen LogP contribution is 2.18. The minimum Gasteiger partial charge on any atom is -0.252 e. The molecule has 3 nitrogen and oxygen atoms in total. The average molecular weight is 198 g/mol. The number of hydrogen-bond donors (Lipinski definition) is 0. The van der Waals surface area contributed by atoms with E-state index in [0.717, 1.165) is 17.0 Å². The minimum atomic E-state index is -0.226. The molecule has 4 heteroatoms. The van der Waals surface area contributed by atoms with E-state index in [-0.39, 0.29) is 6.04 Å². The second kappa shape index (κ2) is 3.80. The summed E-state index contributed by atoms with van der Waals surface area (Å²) >= 11 is 5.76. The van der Waals surface area contributed by atoms with E-state index in [1.165, 1.54) is 0 Å². The van der Waals surface area contributed by atoms with Gasteiger partial charge in [-0.3, -0.25) is 4.68 Å². The third kappa shape index (κ3) is 1.68. The maximum atomic E-state index is 8.74. The Bertz CT molecular complexity index is 348. The van der Waals surface area contributed by atoms with E-state index in [1.807, 2.05) is 20.8 Å². The van der Waals surface area contributed by atoms with Crippen LogP contribution in [0.2, 0.25) is 0 Å². The van der Waals surface area contributed by atoms with Crippen molar-refractivity contribution in [1.82, 2.24) is 9.78 Å². The zero-order valence-corrected chi connectivity index (χ0v) is 8.76. The van der Waals surface area contributed by atoms with Crippen molar-refractivity contribution in [3.05, 3.63) is 17.0 Å². The predicted octanol–water partition coefficient (Wildman–Crippen LogP) is 2.32. The molecule has 0 radical (unpaired) electrons. The molecule has 0 aliphatic carbocycles. The van der Waals surface area contributed by atoms with Gasteiger partial charge in [-0.2, -0.15) is 10.4 Å². The van der Waals surface area contributed by atoms with Gasteiger partial charge in [0.1, 0.15) is 6.04 Å². The Labute approximate surface area is 82.9 Å². The van der Waals surface area contributed by atoms with Gasteiger partial charge in [-0.25, -0.2) is 0 Å². The van der Waals surface area contributed by atoms with Crippen molar-refractivity contribution in [2.45, 2.75) is 32.7 Å². The lowest BCUT2D eigenvalue weighted by molar-refractivity contribution is 0.570. The quantitative estimate of drug-likeness (QED) is 0.683. The molecule has 0 fully saturated rings. The summed E-state index contributed by atoms with van der Waals surface area (Å²) in [5.41, 5.74) is 2.93. The molecule has 0 saturated heterocycles. The fourth-order valence-electron chi connectivity index (χ4n) is 1.32. The van der Waals surface area contributed by atoms with Crippen LogP contribution >= 0.6 is 11.6 Å². The van der Waals surface area contributed by atoms with Crippen LogP contribution in [0, 0.1) is 25.2 Å². The Morgan fingerprint density at radius 2 is 2.23 bits per heavy atom. The molecule has 1 unspecified atom stereocenters. The summed E-state index contributed by atoms with van der Waals surface area (Å²) < 4.78 is 1.72. The summed E-state index contributed by atoms with van der Waals surface area (Å²) in [4.78, 5) is 0. The maximum Gasteiger partial charge on any atom is 0.136 e. The number of nitrogens with zero attached hydrogens (tertiary/aromatic N) is 3. The zero-order valence-electron chi connectivity index (χ0n) is 8.00. The molecule has 1 aromatic rings. The largest absolute Gasteiger partial charge is 0.252 e. The van der Waals surface area contributed by atoms with Crippen molar-refractivity contribution >= 4 is 11.6 Å². The van der Waals surface area contributed by atoms with Gasteiger partial charge in [0, 0.05) is 11.3 Å². The maximum absolute atomic E-state index is 8.74. The first kappa shape index (κ1) is 10.1. The minimum absolute atomic E-state index is 0.226. The summed E-state index contributed by atoms with van der Waals surface area (Å²) in [6.07, 6.45) is 0. The Morgan fingerprint density at radius 1 is 1.62 bits per heavy atom. The normalized spacial score (nSPS) is 12.5. The van der Waals surface area contributed by atoms with Crippen LogP contribution in [0.4, 0.5) is 0 Å². The molecule has 1 heterocycles. The first-order chi connectivity index (χ1) is 6.11. The Balaban J connectivity index is 3.19. The molecule has 0 aliphatic rings. The first-order valence-corrected chi connectivity index (χ1v) is 4.65. The van der Waals surface area contributed by atoms with Crippen molar-refractivity contribution in [1.29, 1.82) is 5.26 Å². The van der Waals surface area contributed by atoms with Gasteiger partial charge in [0.25, 0.3) is 0 Å². The summed E-state index contributed by atoms with van der Waals surface area (Å²) in [6, 6.07) is 1.92. The Morgan fingerprint density at radius 3 is 2.62 bits per heavy atom. The summed E-state index contributed by atoms with van der Waals surface area (Å²) in [5, 5.41) is 13.0. The van der Waals surface area contributed by atoms with Crippen molar-refractivity contribution in [2.75, 3.05) is 0 Å². The SMILES string of the molecule is Cc1nn(C(C)C#N)c(C)c1CCl. The van der Waals surface area contributed by atoms with Gasteiger partial charge in [-0.05, 0) is 20.8 Å². The second-order valence-electron chi connectivity index (χ2n) is 3.03.